The number of nitrogen functional groups attached to an aromatic ring is 1. The quantitative estimate of drug-likeness (QED) is 0.645. The van der Waals surface area contributed by atoms with Crippen LogP contribution >= 0.6 is 34.2 Å². The van der Waals surface area contributed by atoms with Gasteiger partial charge in [0.05, 0.1) is 0 Å². The molecule has 0 amide bonds. The monoisotopic (exact) mass is 331 g/mol. The maximum absolute atomic E-state index is 5.78. The molecule has 5 heteroatoms. The first kappa shape index (κ1) is 10.6. The number of hydrogen-bond acceptors (Lipinski definition) is 3. The number of rotatable bonds is 1. The molecule has 15 heavy (non-hydrogen) atoms. The molecule has 76 valence electrons. The highest BCUT2D eigenvalue weighted by atomic mass is 127. The molecule has 2 rings (SSSR count). The Bertz CT molecular complexity index is 502. The van der Waals surface area contributed by atoms with Gasteiger partial charge < -0.3 is 5.73 Å². The molecule has 0 fully saturated rings. The van der Waals surface area contributed by atoms with Gasteiger partial charge >= 0.3 is 0 Å². The standard InChI is InChI=1S/C10H7ClIN3/c11-10-14-5-7(9(13)15-10)6-3-1-2-4-8(6)12/h1-5H,(H2,13,14,15). The van der Waals surface area contributed by atoms with Crippen molar-refractivity contribution in [1.29, 1.82) is 0 Å². The highest BCUT2D eigenvalue weighted by Crippen LogP contribution is 2.28. The fourth-order valence-electron chi connectivity index (χ4n) is 1.26. The second-order valence-corrected chi connectivity index (χ2v) is 4.42. The Balaban J connectivity index is 2.60. The number of anilines is 1. The topological polar surface area (TPSA) is 51.8 Å². The smallest absolute Gasteiger partial charge is 0.224 e. The van der Waals surface area contributed by atoms with Crippen LogP contribution in [0.15, 0.2) is 30.5 Å². The van der Waals surface area contributed by atoms with E-state index in [9.17, 15) is 0 Å². The van der Waals surface area contributed by atoms with E-state index in [1.54, 1.807) is 6.20 Å². The van der Waals surface area contributed by atoms with Gasteiger partial charge in [0.2, 0.25) is 5.28 Å². The zero-order chi connectivity index (χ0) is 10.8. The highest BCUT2D eigenvalue weighted by molar-refractivity contribution is 14.1. The van der Waals surface area contributed by atoms with Gasteiger partial charge in [-0.3, -0.25) is 0 Å². The van der Waals surface area contributed by atoms with Crippen molar-refractivity contribution in [2.24, 2.45) is 0 Å². The third-order valence-electron chi connectivity index (χ3n) is 1.95. The number of aromatic nitrogens is 2. The van der Waals surface area contributed by atoms with Crippen LogP contribution in [0.3, 0.4) is 0 Å². The van der Waals surface area contributed by atoms with Gasteiger partial charge in [0.25, 0.3) is 0 Å². The van der Waals surface area contributed by atoms with Crippen LogP contribution in [0, 0.1) is 3.57 Å². The molecule has 2 aromatic rings. The second kappa shape index (κ2) is 4.32. The molecule has 2 N–H and O–H groups in total. The summed E-state index contributed by atoms with van der Waals surface area (Å²) in [5.41, 5.74) is 7.61. The predicted molar refractivity (Wildman–Crippen MR) is 69.6 cm³/mol. The molecule has 1 aromatic heterocycles. The first-order valence-corrected chi connectivity index (χ1v) is 5.67. The SMILES string of the molecule is Nc1nc(Cl)ncc1-c1ccccc1I. The number of nitrogens with two attached hydrogens (primary N) is 1. The fraction of sp³-hybridized carbons (Fsp3) is 0. The van der Waals surface area contributed by atoms with E-state index >= 15 is 0 Å². The third-order valence-corrected chi connectivity index (χ3v) is 3.08. The lowest BCUT2D eigenvalue weighted by atomic mass is 10.1. The van der Waals surface area contributed by atoms with Gasteiger partial charge in [0, 0.05) is 20.9 Å². The number of benzene rings is 1. The molecule has 0 saturated carbocycles. The van der Waals surface area contributed by atoms with E-state index in [0.717, 1.165) is 14.7 Å². The average molecular weight is 332 g/mol. The third kappa shape index (κ3) is 2.21. The van der Waals surface area contributed by atoms with Gasteiger partial charge in [-0.25, -0.2) is 9.97 Å². The average Bonchev–Trinajstić information content (AvgIpc) is 2.20. The van der Waals surface area contributed by atoms with Gasteiger partial charge in [-0.05, 0) is 40.3 Å². The minimum atomic E-state index is 0.169. The van der Waals surface area contributed by atoms with Crippen molar-refractivity contribution in [3.63, 3.8) is 0 Å². The maximum Gasteiger partial charge on any atom is 0.224 e. The van der Waals surface area contributed by atoms with E-state index in [2.05, 4.69) is 32.6 Å². The van der Waals surface area contributed by atoms with Crippen LogP contribution in [0.25, 0.3) is 11.1 Å². The summed E-state index contributed by atoms with van der Waals surface area (Å²) in [5.74, 6) is 0.402. The van der Waals surface area contributed by atoms with E-state index in [1.807, 2.05) is 24.3 Å². The van der Waals surface area contributed by atoms with Crippen molar-refractivity contribution in [3.8, 4) is 11.1 Å². The fourth-order valence-corrected chi connectivity index (χ4v) is 2.08. The number of nitrogens with zero attached hydrogens (tertiary/aromatic N) is 2. The van der Waals surface area contributed by atoms with Crippen molar-refractivity contribution in [2.45, 2.75) is 0 Å². The minimum absolute atomic E-state index is 0.169. The molecule has 0 saturated heterocycles. The van der Waals surface area contributed by atoms with Gasteiger partial charge in [-0.1, -0.05) is 18.2 Å². The summed E-state index contributed by atoms with van der Waals surface area (Å²) in [6, 6.07) is 7.90. The summed E-state index contributed by atoms with van der Waals surface area (Å²) >= 11 is 7.89. The normalized spacial score (nSPS) is 10.3. The van der Waals surface area contributed by atoms with Crippen LogP contribution in [0.4, 0.5) is 5.82 Å². The van der Waals surface area contributed by atoms with Crippen molar-refractivity contribution >= 4 is 40.0 Å². The van der Waals surface area contributed by atoms with E-state index in [-0.39, 0.29) is 5.28 Å². The Morgan fingerprint density at radius 1 is 1.20 bits per heavy atom. The largest absolute Gasteiger partial charge is 0.383 e. The highest BCUT2D eigenvalue weighted by Gasteiger charge is 2.07. The summed E-state index contributed by atoms with van der Waals surface area (Å²) in [6.07, 6.45) is 1.64. The van der Waals surface area contributed by atoms with Crippen LogP contribution in [0.2, 0.25) is 5.28 Å². The van der Waals surface area contributed by atoms with Crippen LogP contribution in [0.5, 0.6) is 0 Å². The second-order valence-electron chi connectivity index (χ2n) is 2.92. The van der Waals surface area contributed by atoms with Crippen molar-refractivity contribution in [2.75, 3.05) is 5.73 Å². The van der Waals surface area contributed by atoms with E-state index in [1.165, 1.54) is 0 Å². The molecular weight excluding hydrogens is 324 g/mol. The molecule has 1 aromatic carbocycles. The number of hydrogen-bond donors (Lipinski definition) is 1. The predicted octanol–water partition coefficient (Wildman–Crippen LogP) is 2.98. The van der Waals surface area contributed by atoms with Crippen LogP contribution in [0.1, 0.15) is 0 Å². The van der Waals surface area contributed by atoms with Crippen molar-refractivity contribution < 1.29 is 0 Å². The first-order valence-electron chi connectivity index (χ1n) is 4.21. The van der Waals surface area contributed by atoms with Crippen molar-refractivity contribution in [1.82, 2.24) is 9.97 Å². The number of halogens is 2. The summed E-state index contributed by atoms with van der Waals surface area (Å²) < 4.78 is 1.10. The lowest BCUT2D eigenvalue weighted by molar-refractivity contribution is 1.18. The Labute approximate surface area is 106 Å². The summed E-state index contributed by atoms with van der Waals surface area (Å²) in [4.78, 5) is 7.85. The first-order chi connectivity index (χ1) is 7.18. The lowest BCUT2D eigenvalue weighted by Gasteiger charge is -2.06. The van der Waals surface area contributed by atoms with E-state index < -0.39 is 0 Å². The van der Waals surface area contributed by atoms with Crippen LogP contribution in [-0.4, -0.2) is 9.97 Å². The molecule has 0 radical (unpaired) electrons. The zero-order valence-corrected chi connectivity index (χ0v) is 10.5. The minimum Gasteiger partial charge on any atom is -0.383 e. The van der Waals surface area contributed by atoms with Crippen molar-refractivity contribution in [3.05, 3.63) is 39.3 Å². The molecule has 0 unspecified atom stereocenters. The molecular formula is C10H7ClIN3. The summed E-state index contributed by atoms with van der Waals surface area (Å²) in [7, 11) is 0. The molecule has 0 aliphatic rings. The summed E-state index contributed by atoms with van der Waals surface area (Å²) in [6.45, 7) is 0. The molecule has 0 atom stereocenters. The zero-order valence-electron chi connectivity index (χ0n) is 7.61. The Kier molecular flexibility index (Phi) is 3.06. The van der Waals surface area contributed by atoms with Gasteiger partial charge in [0.1, 0.15) is 5.82 Å². The Morgan fingerprint density at radius 2 is 1.93 bits per heavy atom. The van der Waals surface area contributed by atoms with Gasteiger partial charge in [-0.15, -0.1) is 0 Å². The Hall–Kier alpha value is -0.880. The summed E-state index contributed by atoms with van der Waals surface area (Å²) in [5, 5.41) is 0.169. The molecule has 0 spiro atoms. The van der Waals surface area contributed by atoms with E-state index in [0.29, 0.717) is 5.82 Å². The van der Waals surface area contributed by atoms with Gasteiger partial charge in [0.15, 0.2) is 0 Å². The Morgan fingerprint density at radius 3 is 2.60 bits per heavy atom. The van der Waals surface area contributed by atoms with Crippen LogP contribution in [-0.2, 0) is 0 Å². The molecule has 3 nitrogen and oxygen atoms in total. The van der Waals surface area contributed by atoms with Crippen LogP contribution < -0.4 is 5.73 Å². The molecule has 1 heterocycles. The maximum atomic E-state index is 5.78. The molecule has 0 bridgehead atoms. The van der Waals surface area contributed by atoms with E-state index in [4.69, 9.17) is 17.3 Å². The lowest BCUT2D eigenvalue weighted by Crippen LogP contribution is -1.97. The van der Waals surface area contributed by atoms with Gasteiger partial charge in [-0.2, -0.15) is 0 Å². The molecule has 0 aliphatic heterocycles. The molecule has 0 aliphatic carbocycles.